The van der Waals surface area contributed by atoms with Gasteiger partial charge in [-0.25, -0.2) is 8.78 Å². The first-order valence-electron chi connectivity index (χ1n) is 4.69. The minimum absolute atomic E-state index is 0.172. The molecule has 0 saturated heterocycles. The Bertz CT molecular complexity index is 523. The van der Waals surface area contributed by atoms with Crippen LogP contribution in [0.5, 0.6) is 0 Å². The van der Waals surface area contributed by atoms with E-state index in [-0.39, 0.29) is 5.69 Å². The molecule has 90 valence electrons. The summed E-state index contributed by atoms with van der Waals surface area (Å²) < 4.78 is 28.2. The monoisotopic (exact) mass is 381 g/mol. The van der Waals surface area contributed by atoms with E-state index in [1.54, 1.807) is 0 Å². The predicted molar refractivity (Wildman–Crippen MR) is 73.4 cm³/mol. The second-order valence-corrected chi connectivity index (χ2v) is 6.60. The number of hydrogen-bond donors (Lipinski definition) is 1. The third kappa shape index (κ3) is 3.05. The molecule has 1 N–H and O–H groups in total. The van der Waals surface area contributed by atoms with E-state index in [1.165, 1.54) is 23.5 Å². The minimum atomic E-state index is -0.845. The standard InChI is InChI=1S/C11H7Br2F2NS/c12-7-4-6(17-11(7)13)5-16-9-3-1-2-8(14)10(9)15/h1-4,16H,5H2. The molecule has 0 saturated carbocycles. The first kappa shape index (κ1) is 13.0. The number of thiophene rings is 1. The van der Waals surface area contributed by atoms with Crippen LogP contribution >= 0.6 is 43.2 Å². The molecule has 0 aliphatic rings. The summed E-state index contributed by atoms with van der Waals surface area (Å²) >= 11 is 8.28. The van der Waals surface area contributed by atoms with Gasteiger partial charge in [0.2, 0.25) is 0 Å². The second kappa shape index (κ2) is 5.46. The maximum Gasteiger partial charge on any atom is 0.181 e. The lowest BCUT2D eigenvalue weighted by molar-refractivity contribution is 0.511. The molecule has 17 heavy (non-hydrogen) atoms. The number of hydrogen-bond acceptors (Lipinski definition) is 2. The average molecular weight is 383 g/mol. The van der Waals surface area contributed by atoms with E-state index < -0.39 is 11.6 Å². The summed E-state index contributed by atoms with van der Waals surface area (Å²) in [4.78, 5) is 1.02. The van der Waals surface area contributed by atoms with E-state index in [0.29, 0.717) is 6.54 Å². The Balaban J connectivity index is 2.10. The highest BCUT2D eigenvalue weighted by Gasteiger charge is 2.08. The van der Waals surface area contributed by atoms with Crippen LogP contribution in [0, 0.1) is 11.6 Å². The summed E-state index contributed by atoms with van der Waals surface area (Å²) in [6.45, 7) is 0.454. The van der Waals surface area contributed by atoms with Gasteiger partial charge >= 0.3 is 0 Å². The molecule has 0 aliphatic carbocycles. The van der Waals surface area contributed by atoms with Crippen molar-refractivity contribution in [3.05, 3.63) is 49.0 Å². The lowest BCUT2D eigenvalue weighted by atomic mass is 10.3. The maximum atomic E-state index is 13.3. The van der Waals surface area contributed by atoms with Crippen LogP contribution < -0.4 is 5.32 Å². The van der Waals surface area contributed by atoms with Crippen LogP contribution in [0.3, 0.4) is 0 Å². The van der Waals surface area contributed by atoms with Crippen molar-refractivity contribution in [2.24, 2.45) is 0 Å². The second-order valence-electron chi connectivity index (χ2n) is 3.29. The number of halogens is 4. The molecule has 1 heterocycles. The Kier molecular flexibility index (Phi) is 4.17. The quantitative estimate of drug-likeness (QED) is 0.772. The summed E-state index contributed by atoms with van der Waals surface area (Å²) in [5, 5.41) is 2.86. The Morgan fingerprint density at radius 3 is 2.65 bits per heavy atom. The van der Waals surface area contributed by atoms with Crippen molar-refractivity contribution >= 4 is 48.9 Å². The third-order valence-corrected chi connectivity index (χ3v) is 5.36. The van der Waals surface area contributed by atoms with Crippen LogP contribution in [0.1, 0.15) is 4.88 Å². The smallest absolute Gasteiger partial charge is 0.181 e. The number of anilines is 1. The van der Waals surface area contributed by atoms with Crippen molar-refractivity contribution in [1.29, 1.82) is 0 Å². The van der Waals surface area contributed by atoms with Crippen LogP contribution in [-0.4, -0.2) is 0 Å². The topological polar surface area (TPSA) is 12.0 Å². The fourth-order valence-electron chi connectivity index (χ4n) is 1.30. The molecule has 0 atom stereocenters. The van der Waals surface area contributed by atoms with E-state index in [9.17, 15) is 8.78 Å². The van der Waals surface area contributed by atoms with E-state index in [0.717, 1.165) is 19.2 Å². The summed E-state index contributed by atoms with van der Waals surface area (Å²) in [5.74, 6) is -1.69. The predicted octanol–water partition coefficient (Wildman–Crippen LogP) is 5.16. The van der Waals surface area contributed by atoms with Gasteiger partial charge in [-0.3, -0.25) is 0 Å². The Morgan fingerprint density at radius 1 is 1.24 bits per heavy atom. The first-order chi connectivity index (χ1) is 8.08. The van der Waals surface area contributed by atoms with Crippen molar-refractivity contribution in [2.75, 3.05) is 5.32 Å². The number of rotatable bonds is 3. The van der Waals surface area contributed by atoms with E-state index in [4.69, 9.17) is 0 Å². The molecule has 0 unspecified atom stereocenters. The van der Waals surface area contributed by atoms with Gasteiger partial charge in [0.1, 0.15) is 0 Å². The minimum Gasteiger partial charge on any atom is -0.378 e. The van der Waals surface area contributed by atoms with Crippen molar-refractivity contribution in [3.8, 4) is 0 Å². The number of benzene rings is 1. The van der Waals surface area contributed by atoms with Crippen molar-refractivity contribution in [1.82, 2.24) is 0 Å². The summed E-state index contributed by atoms with van der Waals surface area (Å²) in [7, 11) is 0. The van der Waals surface area contributed by atoms with Gasteiger partial charge in [0.15, 0.2) is 11.6 Å². The van der Waals surface area contributed by atoms with Crippen molar-refractivity contribution in [2.45, 2.75) is 6.54 Å². The third-order valence-electron chi connectivity index (χ3n) is 2.10. The van der Waals surface area contributed by atoms with E-state index >= 15 is 0 Å². The SMILES string of the molecule is Fc1cccc(NCc2cc(Br)c(Br)s2)c1F. The maximum absolute atomic E-state index is 13.3. The molecule has 0 amide bonds. The van der Waals surface area contributed by atoms with E-state index in [2.05, 4.69) is 37.2 Å². The molecule has 1 aromatic heterocycles. The van der Waals surface area contributed by atoms with Gasteiger partial charge in [-0.05, 0) is 50.1 Å². The largest absolute Gasteiger partial charge is 0.378 e. The summed E-state index contributed by atoms with van der Waals surface area (Å²) in [5.41, 5.74) is 0.172. The Hall–Kier alpha value is -0.460. The van der Waals surface area contributed by atoms with Gasteiger partial charge in [0, 0.05) is 15.9 Å². The molecule has 6 heteroatoms. The van der Waals surface area contributed by atoms with Crippen molar-refractivity contribution < 1.29 is 8.78 Å². The number of nitrogens with one attached hydrogen (secondary N) is 1. The molecular formula is C11H7Br2F2NS. The van der Waals surface area contributed by atoms with Crippen molar-refractivity contribution in [3.63, 3.8) is 0 Å². The molecule has 0 spiro atoms. The Morgan fingerprint density at radius 2 is 2.00 bits per heavy atom. The van der Waals surface area contributed by atoms with Crippen LogP contribution in [0.4, 0.5) is 14.5 Å². The Labute approximate surface area is 118 Å². The van der Waals surface area contributed by atoms with Crippen LogP contribution in [0.15, 0.2) is 32.5 Å². The fourth-order valence-corrected chi connectivity index (χ4v) is 3.42. The molecule has 2 aromatic rings. The zero-order chi connectivity index (χ0) is 12.4. The molecule has 0 bridgehead atoms. The molecule has 0 radical (unpaired) electrons. The van der Waals surface area contributed by atoms with Gasteiger partial charge in [0.25, 0.3) is 0 Å². The zero-order valence-corrected chi connectivity index (χ0v) is 12.4. The molecule has 1 nitrogen and oxygen atoms in total. The lowest BCUT2D eigenvalue weighted by Crippen LogP contribution is -2.01. The van der Waals surface area contributed by atoms with E-state index in [1.807, 2.05) is 6.07 Å². The highest BCUT2D eigenvalue weighted by atomic mass is 79.9. The van der Waals surface area contributed by atoms with Crippen LogP contribution in [0.25, 0.3) is 0 Å². The molecule has 0 fully saturated rings. The zero-order valence-electron chi connectivity index (χ0n) is 8.44. The molecule has 2 rings (SSSR count). The first-order valence-corrected chi connectivity index (χ1v) is 7.10. The molecule has 0 aliphatic heterocycles. The lowest BCUT2D eigenvalue weighted by Gasteiger charge is -2.06. The van der Waals surface area contributed by atoms with Gasteiger partial charge in [-0.2, -0.15) is 0 Å². The highest BCUT2D eigenvalue weighted by Crippen LogP contribution is 2.32. The van der Waals surface area contributed by atoms with Crippen LogP contribution in [-0.2, 0) is 6.54 Å². The fraction of sp³-hybridized carbons (Fsp3) is 0.0909. The average Bonchev–Trinajstić information content (AvgIpc) is 2.61. The highest BCUT2D eigenvalue weighted by molar-refractivity contribution is 9.13. The molecular weight excluding hydrogens is 376 g/mol. The van der Waals surface area contributed by atoms with Gasteiger partial charge < -0.3 is 5.32 Å². The summed E-state index contributed by atoms with van der Waals surface area (Å²) in [6.07, 6.45) is 0. The van der Waals surface area contributed by atoms with Gasteiger partial charge in [-0.1, -0.05) is 6.07 Å². The normalized spacial score (nSPS) is 10.6. The van der Waals surface area contributed by atoms with Crippen LogP contribution in [0.2, 0.25) is 0 Å². The van der Waals surface area contributed by atoms with Gasteiger partial charge in [0.05, 0.1) is 9.47 Å². The van der Waals surface area contributed by atoms with Gasteiger partial charge in [-0.15, -0.1) is 11.3 Å². The molecule has 1 aromatic carbocycles. The summed E-state index contributed by atoms with van der Waals surface area (Å²) in [6, 6.07) is 6.01.